The van der Waals surface area contributed by atoms with E-state index in [1.54, 1.807) is 0 Å². The largest absolute Gasteiger partial charge is 0.407 e. The second kappa shape index (κ2) is 21.2. The summed E-state index contributed by atoms with van der Waals surface area (Å²) in [4.78, 5) is 0. The third-order valence-corrected chi connectivity index (χ3v) is 11.0. The lowest BCUT2D eigenvalue weighted by atomic mass is 10.0. The molecule has 0 aliphatic heterocycles. The van der Waals surface area contributed by atoms with Gasteiger partial charge < -0.3 is 8.85 Å². The molecule has 2 aromatic rings. The summed E-state index contributed by atoms with van der Waals surface area (Å²) in [5.41, 5.74) is 0. The monoisotopic (exact) mass is 536 g/mol. The molecule has 38 heavy (non-hydrogen) atoms. The molecule has 3 heteroatoms. The maximum absolute atomic E-state index is 6.82. The van der Waals surface area contributed by atoms with Gasteiger partial charge in [0.2, 0.25) is 0 Å². The minimum Gasteiger partial charge on any atom is -0.388 e. The lowest BCUT2D eigenvalue weighted by Crippen LogP contribution is -2.64. The van der Waals surface area contributed by atoms with Crippen LogP contribution < -0.4 is 10.4 Å². The van der Waals surface area contributed by atoms with Gasteiger partial charge >= 0.3 is 8.56 Å². The second-order valence-corrected chi connectivity index (χ2v) is 13.9. The van der Waals surface area contributed by atoms with Crippen LogP contribution in [-0.2, 0) is 8.85 Å². The van der Waals surface area contributed by atoms with Crippen LogP contribution in [-0.4, -0.2) is 21.3 Å². The van der Waals surface area contributed by atoms with Crippen LogP contribution in [0, 0.1) is 0 Å². The highest BCUT2D eigenvalue weighted by Gasteiger charge is 2.43. The first-order valence-corrected chi connectivity index (χ1v) is 17.6. The van der Waals surface area contributed by atoms with Gasteiger partial charge in [0, 0.05) is 12.7 Å². The first-order valence-electron chi connectivity index (χ1n) is 15.8. The van der Waals surface area contributed by atoms with Gasteiger partial charge in [-0.1, -0.05) is 170 Å². The molecule has 1 unspecified atom stereocenters. The average molecular weight is 537 g/mol. The van der Waals surface area contributed by atoms with E-state index in [1.807, 2.05) is 6.08 Å². The third kappa shape index (κ3) is 12.9. The normalized spacial score (nSPS) is 12.5. The van der Waals surface area contributed by atoms with Gasteiger partial charge in [0.25, 0.3) is 0 Å². The van der Waals surface area contributed by atoms with Gasteiger partial charge in [0.15, 0.2) is 0 Å². The van der Waals surface area contributed by atoms with Crippen molar-refractivity contribution >= 4 is 18.9 Å². The summed E-state index contributed by atoms with van der Waals surface area (Å²) < 4.78 is 13.6. The zero-order valence-electron chi connectivity index (χ0n) is 24.7. The van der Waals surface area contributed by atoms with Gasteiger partial charge in [-0.15, -0.1) is 6.58 Å². The van der Waals surface area contributed by atoms with Crippen molar-refractivity contribution in [1.82, 2.24) is 0 Å². The molecule has 0 fully saturated rings. The highest BCUT2D eigenvalue weighted by molar-refractivity contribution is 6.92. The summed E-state index contributed by atoms with van der Waals surface area (Å²) in [6.07, 6.45) is 24.9. The Bertz CT molecular complexity index is 768. The Morgan fingerprint density at radius 1 is 0.632 bits per heavy atom. The summed E-state index contributed by atoms with van der Waals surface area (Å²) in [7, 11) is -2.80. The molecule has 0 N–H and O–H groups in total. The molecule has 0 spiro atoms. The van der Waals surface area contributed by atoms with Crippen molar-refractivity contribution in [3.8, 4) is 0 Å². The number of benzene rings is 2. The molecule has 1 atom stereocenters. The Labute approximate surface area is 236 Å². The molecule has 2 nitrogen and oxygen atoms in total. The minimum absolute atomic E-state index is 0.0605. The van der Waals surface area contributed by atoms with Crippen molar-refractivity contribution in [2.24, 2.45) is 0 Å². The van der Waals surface area contributed by atoms with Crippen LogP contribution in [0.1, 0.15) is 123 Å². The fourth-order valence-corrected chi connectivity index (χ4v) is 8.61. The van der Waals surface area contributed by atoms with E-state index in [-0.39, 0.29) is 6.10 Å². The molecule has 0 aliphatic carbocycles. The van der Waals surface area contributed by atoms with Crippen LogP contribution in [0.2, 0.25) is 0 Å². The SMILES string of the molecule is C=CCC(C)O[Si](OCCCCCCCCCCCCCCCCCC)(c1ccccc1)c1ccccc1. The summed E-state index contributed by atoms with van der Waals surface area (Å²) in [6.45, 7) is 9.09. The van der Waals surface area contributed by atoms with Crippen molar-refractivity contribution in [2.75, 3.05) is 6.61 Å². The summed E-state index contributed by atoms with van der Waals surface area (Å²) in [5.74, 6) is 0. The lowest BCUT2D eigenvalue weighted by molar-refractivity contribution is 0.141. The Balaban J connectivity index is 1.69. The van der Waals surface area contributed by atoms with Crippen LogP contribution in [0.3, 0.4) is 0 Å². The summed E-state index contributed by atoms with van der Waals surface area (Å²) in [6, 6.07) is 21.2. The molecule has 0 saturated carbocycles. The van der Waals surface area contributed by atoms with Gasteiger partial charge in [-0.05, 0) is 30.1 Å². The summed E-state index contributed by atoms with van der Waals surface area (Å²) in [5, 5.41) is 2.36. The van der Waals surface area contributed by atoms with E-state index in [9.17, 15) is 0 Å². The van der Waals surface area contributed by atoms with E-state index in [0.717, 1.165) is 19.4 Å². The van der Waals surface area contributed by atoms with Crippen LogP contribution in [0.5, 0.6) is 0 Å². The van der Waals surface area contributed by atoms with Crippen LogP contribution in [0.25, 0.3) is 0 Å². The van der Waals surface area contributed by atoms with Gasteiger partial charge in [-0.25, -0.2) is 0 Å². The standard InChI is InChI=1S/C35H56O2Si/c1-4-6-7-8-9-10-11-12-13-14-15-16-17-18-19-26-32-36-38(37-33(3)27-5-2,34-28-22-20-23-29-34)35-30-24-21-25-31-35/h5,20-25,28-31,33H,2,4,6-19,26-27,32H2,1,3H3. The molecule has 0 heterocycles. The maximum atomic E-state index is 6.82. The zero-order valence-corrected chi connectivity index (χ0v) is 25.7. The molecule has 0 amide bonds. The molecule has 0 saturated heterocycles. The highest BCUT2D eigenvalue weighted by atomic mass is 28.4. The van der Waals surface area contributed by atoms with E-state index < -0.39 is 8.56 Å². The van der Waals surface area contributed by atoms with Crippen LogP contribution >= 0.6 is 0 Å². The lowest BCUT2D eigenvalue weighted by Gasteiger charge is -2.34. The zero-order chi connectivity index (χ0) is 27.2. The first kappa shape index (κ1) is 32.5. The Hall–Kier alpha value is -1.68. The fourth-order valence-electron chi connectivity index (χ4n) is 5.25. The van der Waals surface area contributed by atoms with E-state index in [4.69, 9.17) is 8.85 Å². The second-order valence-electron chi connectivity index (χ2n) is 11.0. The predicted molar refractivity (Wildman–Crippen MR) is 169 cm³/mol. The number of hydrogen-bond donors (Lipinski definition) is 0. The highest BCUT2D eigenvalue weighted by Crippen LogP contribution is 2.17. The topological polar surface area (TPSA) is 18.5 Å². The molecule has 0 aromatic heterocycles. The Kier molecular flexibility index (Phi) is 18.1. The Morgan fingerprint density at radius 2 is 1.03 bits per heavy atom. The van der Waals surface area contributed by atoms with Crippen molar-refractivity contribution in [3.05, 3.63) is 73.3 Å². The van der Waals surface area contributed by atoms with Gasteiger partial charge in [0.1, 0.15) is 0 Å². The van der Waals surface area contributed by atoms with Crippen LogP contribution in [0.4, 0.5) is 0 Å². The quantitative estimate of drug-likeness (QED) is 0.0755. The molecule has 0 aliphatic rings. The predicted octanol–water partition coefficient (Wildman–Crippen LogP) is 9.50. The number of hydrogen-bond acceptors (Lipinski definition) is 2. The van der Waals surface area contributed by atoms with Gasteiger partial charge in [-0.2, -0.15) is 0 Å². The maximum Gasteiger partial charge on any atom is 0.407 e. The number of rotatable bonds is 24. The van der Waals surface area contributed by atoms with E-state index in [1.165, 1.54) is 107 Å². The van der Waals surface area contributed by atoms with E-state index >= 15 is 0 Å². The number of unbranched alkanes of at least 4 members (excludes halogenated alkanes) is 15. The van der Waals surface area contributed by atoms with Gasteiger partial charge in [0.05, 0.1) is 0 Å². The smallest absolute Gasteiger partial charge is 0.388 e. The summed E-state index contributed by atoms with van der Waals surface area (Å²) >= 11 is 0. The molecular weight excluding hydrogens is 480 g/mol. The fraction of sp³-hybridized carbons (Fsp3) is 0.600. The van der Waals surface area contributed by atoms with Crippen molar-refractivity contribution in [1.29, 1.82) is 0 Å². The van der Waals surface area contributed by atoms with E-state index in [0.29, 0.717) is 0 Å². The van der Waals surface area contributed by atoms with Crippen molar-refractivity contribution in [3.63, 3.8) is 0 Å². The van der Waals surface area contributed by atoms with E-state index in [2.05, 4.69) is 81.1 Å². The average Bonchev–Trinajstić information content (AvgIpc) is 2.95. The molecule has 2 rings (SSSR count). The van der Waals surface area contributed by atoms with Gasteiger partial charge in [-0.3, -0.25) is 0 Å². The van der Waals surface area contributed by atoms with Crippen molar-refractivity contribution in [2.45, 2.75) is 129 Å². The molecule has 2 aromatic carbocycles. The third-order valence-electron chi connectivity index (χ3n) is 7.48. The molecule has 0 radical (unpaired) electrons. The molecule has 212 valence electrons. The van der Waals surface area contributed by atoms with Crippen LogP contribution in [0.15, 0.2) is 73.3 Å². The molecule has 0 bridgehead atoms. The Morgan fingerprint density at radius 3 is 1.42 bits per heavy atom. The van der Waals surface area contributed by atoms with Crippen molar-refractivity contribution < 1.29 is 8.85 Å². The first-order chi connectivity index (χ1) is 18.7. The molecular formula is C35H56O2Si. The minimum atomic E-state index is -2.80.